The third kappa shape index (κ3) is 4.23. The molecule has 38 heavy (non-hydrogen) atoms. The van der Waals surface area contributed by atoms with Gasteiger partial charge in [0.1, 0.15) is 11.4 Å². The van der Waals surface area contributed by atoms with E-state index in [-0.39, 0.29) is 0 Å². The molecular formula is C31H32N4O3. The molecule has 7 nitrogen and oxygen atoms in total. The van der Waals surface area contributed by atoms with Crippen LogP contribution in [0, 0.1) is 0 Å². The number of hydrogen-bond donors (Lipinski definition) is 1. The van der Waals surface area contributed by atoms with Crippen LogP contribution >= 0.6 is 0 Å². The van der Waals surface area contributed by atoms with Gasteiger partial charge >= 0.3 is 5.97 Å². The van der Waals surface area contributed by atoms with E-state index in [1.165, 1.54) is 0 Å². The van der Waals surface area contributed by atoms with Crippen molar-refractivity contribution in [1.82, 2.24) is 19.2 Å². The van der Waals surface area contributed by atoms with Gasteiger partial charge in [-0.3, -0.25) is 4.68 Å². The van der Waals surface area contributed by atoms with Crippen LogP contribution in [0.4, 0.5) is 0 Å². The molecule has 0 saturated heterocycles. The van der Waals surface area contributed by atoms with Crippen LogP contribution in [0.5, 0.6) is 5.75 Å². The van der Waals surface area contributed by atoms with E-state index in [4.69, 9.17) is 4.74 Å². The number of nitrogens with zero attached hydrogens (tertiary/aromatic N) is 4. The van der Waals surface area contributed by atoms with Gasteiger partial charge in [-0.25, -0.2) is 4.79 Å². The van der Waals surface area contributed by atoms with Gasteiger partial charge in [0.25, 0.3) is 0 Å². The van der Waals surface area contributed by atoms with Crippen molar-refractivity contribution in [2.45, 2.75) is 32.4 Å². The Hall–Kier alpha value is -4.10. The second-order valence-corrected chi connectivity index (χ2v) is 10.1. The highest BCUT2D eigenvalue weighted by atomic mass is 16.5. The molecule has 5 aromatic rings. The minimum absolute atomic E-state index is 0.395. The van der Waals surface area contributed by atoms with Gasteiger partial charge in [-0.05, 0) is 49.9 Å². The van der Waals surface area contributed by atoms with Crippen LogP contribution in [-0.4, -0.2) is 50.5 Å². The van der Waals surface area contributed by atoms with Gasteiger partial charge in [-0.2, -0.15) is 5.10 Å². The highest BCUT2D eigenvalue weighted by Gasteiger charge is 2.26. The minimum Gasteiger partial charge on any atom is -0.493 e. The van der Waals surface area contributed by atoms with Gasteiger partial charge < -0.3 is 19.3 Å². The predicted molar refractivity (Wildman–Crippen MR) is 150 cm³/mol. The monoisotopic (exact) mass is 508 g/mol. The predicted octanol–water partition coefficient (Wildman–Crippen LogP) is 5.74. The number of aromatic carboxylic acids is 1. The normalized spacial score (nSPS) is 14.1. The summed E-state index contributed by atoms with van der Waals surface area (Å²) in [4.78, 5) is 15.0. The molecule has 0 unspecified atom stereocenters. The largest absolute Gasteiger partial charge is 0.493 e. The average Bonchev–Trinajstić information content (AvgIpc) is 3.44. The van der Waals surface area contributed by atoms with Gasteiger partial charge in [-0.1, -0.05) is 54.6 Å². The number of rotatable bonds is 6. The van der Waals surface area contributed by atoms with Crippen molar-refractivity contribution < 1.29 is 14.6 Å². The Morgan fingerprint density at radius 3 is 2.63 bits per heavy atom. The molecule has 0 fully saturated rings. The summed E-state index contributed by atoms with van der Waals surface area (Å²) < 4.78 is 10.2. The van der Waals surface area contributed by atoms with Crippen LogP contribution in [0.25, 0.3) is 32.8 Å². The maximum Gasteiger partial charge on any atom is 0.352 e. The number of aromatic nitrogens is 3. The third-order valence-electron chi connectivity index (χ3n) is 7.66. The summed E-state index contributed by atoms with van der Waals surface area (Å²) in [6.45, 7) is 2.84. The summed E-state index contributed by atoms with van der Waals surface area (Å²) >= 11 is 0. The summed E-state index contributed by atoms with van der Waals surface area (Å²) in [6.07, 6.45) is 4.12. The van der Waals surface area contributed by atoms with Crippen LogP contribution in [0.15, 0.2) is 66.9 Å². The molecule has 3 heterocycles. The lowest BCUT2D eigenvalue weighted by Crippen LogP contribution is -2.23. The van der Waals surface area contributed by atoms with Crippen molar-refractivity contribution in [1.29, 1.82) is 0 Å². The maximum atomic E-state index is 12.7. The topological polar surface area (TPSA) is 72.5 Å². The molecule has 1 aliphatic heterocycles. The molecule has 0 radical (unpaired) electrons. The van der Waals surface area contributed by atoms with Crippen LogP contribution < -0.4 is 4.74 Å². The van der Waals surface area contributed by atoms with E-state index in [9.17, 15) is 9.90 Å². The Morgan fingerprint density at radius 2 is 1.76 bits per heavy atom. The summed E-state index contributed by atoms with van der Waals surface area (Å²) in [7, 11) is 4.08. The molecule has 1 N–H and O–H groups in total. The van der Waals surface area contributed by atoms with Crippen LogP contribution in [0.1, 0.15) is 34.6 Å². The number of benzene rings is 3. The van der Waals surface area contributed by atoms with Crippen molar-refractivity contribution in [2.75, 3.05) is 20.2 Å². The van der Waals surface area contributed by atoms with E-state index in [1.807, 2.05) is 52.8 Å². The van der Waals surface area contributed by atoms with Crippen molar-refractivity contribution in [3.63, 3.8) is 0 Å². The average molecular weight is 509 g/mol. The standard InChI is InChI=1S/C31H32N4O3/c1-33-16-8-17-35-29-23(12-6-13-25(29)26-19-32-34(2)27(26)20-33)24(30(35)31(36)37)14-7-18-38-28-15-5-10-21-9-3-4-11-22(21)28/h3-6,9-13,15,19H,7-8,14,16-18,20H2,1-2H3,(H,36,37). The SMILES string of the molecule is CN1CCCn2c(C(=O)O)c(CCCOc3cccc4ccccc34)c3cccc(c32)-c2cnn(C)c2C1. The Bertz CT molecular complexity index is 1640. The molecule has 3 aromatic carbocycles. The van der Waals surface area contributed by atoms with Crippen LogP contribution in [-0.2, 0) is 26.6 Å². The first-order valence-electron chi connectivity index (χ1n) is 13.2. The number of carbonyl (C=O) groups is 1. The number of fused-ring (bicyclic) bond motifs is 3. The fourth-order valence-electron chi connectivity index (χ4n) is 5.88. The Kier molecular flexibility index (Phi) is 6.37. The smallest absolute Gasteiger partial charge is 0.352 e. The molecule has 0 saturated carbocycles. The molecular weight excluding hydrogens is 476 g/mol. The lowest BCUT2D eigenvalue weighted by atomic mass is 9.99. The minimum atomic E-state index is -0.881. The zero-order valence-electron chi connectivity index (χ0n) is 21.9. The van der Waals surface area contributed by atoms with Gasteiger partial charge in [-0.15, -0.1) is 0 Å². The number of hydrogen-bond acceptors (Lipinski definition) is 4. The molecule has 2 aromatic heterocycles. The summed E-state index contributed by atoms with van der Waals surface area (Å²) in [5.74, 6) is -0.0214. The summed E-state index contributed by atoms with van der Waals surface area (Å²) in [5.41, 5.74) is 5.51. The highest BCUT2D eigenvalue weighted by molar-refractivity contribution is 6.04. The second kappa shape index (κ2) is 9.99. The molecule has 0 spiro atoms. The van der Waals surface area contributed by atoms with Crippen molar-refractivity contribution in [3.8, 4) is 16.9 Å². The van der Waals surface area contributed by atoms with Gasteiger partial charge in [0, 0.05) is 42.0 Å². The van der Waals surface area contributed by atoms with Gasteiger partial charge in [0.2, 0.25) is 0 Å². The zero-order valence-corrected chi connectivity index (χ0v) is 21.9. The number of ether oxygens (including phenoxy) is 1. The molecule has 1 aliphatic rings. The molecule has 0 atom stereocenters. The highest BCUT2D eigenvalue weighted by Crippen LogP contribution is 2.37. The third-order valence-corrected chi connectivity index (χ3v) is 7.66. The Morgan fingerprint density at radius 1 is 0.974 bits per heavy atom. The van der Waals surface area contributed by atoms with E-state index in [1.54, 1.807) is 0 Å². The molecule has 0 aliphatic carbocycles. The lowest BCUT2D eigenvalue weighted by molar-refractivity contribution is 0.0684. The number of carboxylic acid groups (broad SMARTS) is 1. The quantitative estimate of drug-likeness (QED) is 0.296. The van der Waals surface area contributed by atoms with E-state index < -0.39 is 5.97 Å². The Balaban J connectivity index is 1.37. The molecule has 6 rings (SSSR count). The maximum absolute atomic E-state index is 12.7. The van der Waals surface area contributed by atoms with E-state index in [2.05, 4.69) is 47.4 Å². The Labute approximate surface area is 221 Å². The first-order chi connectivity index (χ1) is 18.5. The van der Waals surface area contributed by atoms with Crippen LogP contribution in [0.2, 0.25) is 0 Å². The molecule has 0 bridgehead atoms. The first kappa shape index (κ1) is 24.2. The number of carboxylic acids is 1. The second-order valence-electron chi connectivity index (χ2n) is 10.1. The summed E-state index contributed by atoms with van der Waals surface area (Å²) in [6, 6.07) is 20.5. The summed E-state index contributed by atoms with van der Waals surface area (Å²) in [5, 5.41) is 18.2. The first-order valence-corrected chi connectivity index (χ1v) is 13.2. The fraction of sp³-hybridized carbons (Fsp3) is 0.290. The van der Waals surface area contributed by atoms with Gasteiger partial charge in [0.05, 0.1) is 24.0 Å². The lowest BCUT2D eigenvalue weighted by Gasteiger charge is -2.21. The van der Waals surface area contributed by atoms with Gasteiger partial charge in [0.15, 0.2) is 0 Å². The zero-order chi connectivity index (χ0) is 26.2. The van der Waals surface area contributed by atoms with Crippen molar-refractivity contribution in [3.05, 3.63) is 83.8 Å². The van der Waals surface area contributed by atoms with E-state index in [0.717, 1.165) is 69.3 Å². The molecule has 194 valence electrons. The molecule has 7 heteroatoms. The van der Waals surface area contributed by atoms with E-state index in [0.29, 0.717) is 31.7 Å². The van der Waals surface area contributed by atoms with Crippen molar-refractivity contribution >= 4 is 27.6 Å². The fourth-order valence-corrected chi connectivity index (χ4v) is 5.88. The molecule has 0 amide bonds. The van der Waals surface area contributed by atoms with Crippen LogP contribution in [0.3, 0.4) is 0 Å². The van der Waals surface area contributed by atoms with Crippen molar-refractivity contribution in [2.24, 2.45) is 7.05 Å². The number of aryl methyl sites for hydroxylation is 3. The number of para-hydroxylation sites is 1. The van der Waals surface area contributed by atoms with E-state index >= 15 is 0 Å².